The van der Waals surface area contributed by atoms with Gasteiger partial charge in [-0.2, -0.15) is 11.3 Å². The minimum Gasteiger partial charge on any atom is -0.343 e. The van der Waals surface area contributed by atoms with Gasteiger partial charge in [0.15, 0.2) is 0 Å². The zero-order chi connectivity index (χ0) is 13.2. The number of benzene rings is 1. The number of nitrogens with zero attached hydrogens (tertiary/aromatic N) is 1. The van der Waals surface area contributed by atoms with Gasteiger partial charge in [0, 0.05) is 24.3 Å². The molecular formula is C16H18N2S. The Bertz CT molecular complexity index is 665. The van der Waals surface area contributed by atoms with Crippen molar-refractivity contribution in [1.29, 1.82) is 0 Å². The fourth-order valence-corrected chi connectivity index (χ4v) is 3.11. The maximum absolute atomic E-state index is 5.89. The van der Waals surface area contributed by atoms with Crippen LogP contribution < -0.4 is 5.73 Å². The van der Waals surface area contributed by atoms with E-state index in [0.29, 0.717) is 0 Å². The van der Waals surface area contributed by atoms with Crippen LogP contribution in [0, 0.1) is 0 Å². The molecule has 2 N–H and O–H groups in total. The Kier molecular flexibility index (Phi) is 3.40. The second kappa shape index (κ2) is 5.19. The van der Waals surface area contributed by atoms with Crippen LogP contribution in [0.15, 0.2) is 47.3 Å². The molecule has 3 aromatic rings. The maximum atomic E-state index is 5.89. The van der Waals surface area contributed by atoms with E-state index in [0.717, 1.165) is 13.0 Å². The lowest BCUT2D eigenvalue weighted by molar-refractivity contribution is 0.738. The van der Waals surface area contributed by atoms with Gasteiger partial charge in [0.05, 0.1) is 0 Å². The van der Waals surface area contributed by atoms with Gasteiger partial charge >= 0.3 is 0 Å². The molecule has 0 saturated heterocycles. The van der Waals surface area contributed by atoms with E-state index in [1.165, 1.54) is 22.0 Å². The smallest absolute Gasteiger partial charge is 0.0486 e. The lowest BCUT2D eigenvalue weighted by atomic mass is 10.1. The second-order valence-corrected chi connectivity index (χ2v) is 5.93. The number of hydrogen-bond donors (Lipinski definition) is 1. The molecule has 2 heterocycles. The van der Waals surface area contributed by atoms with Crippen LogP contribution in [0.4, 0.5) is 0 Å². The first-order valence-corrected chi connectivity index (χ1v) is 7.51. The molecule has 2 aromatic heterocycles. The van der Waals surface area contributed by atoms with Crippen molar-refractivity contribution in [2.45, 2.75) is 25.9 Å². The highest BCUT2D eigenvalue weighted by molar-refractivity contribution is 7.07. The van der Waals surface area contributed by atoms with Crippen molar-refractivity contribution in [2.75, 3.05) is 0 Å². The minimum atomic E-state index is 0.206. The van der Waals surface area contributed by atoms with Gasteiger partial charge in [-0.3, -0.25) is 0 Å². The molecule has 0 aliphatic carbocycles. The first kappa shape index (κ1) is 12.5. The molecule has 0 bridgehead atoms. The highest BCUT2D eigenvalue weighted by Gasteiger charge is 2.05. The highest BCUT2D eigenvalue weighted by atomic mass is 32.1. The number of nitrogens with two attached hydrogens (primary N) is 1. The average Bonchev–Trinajstić information content (AvgIpc) is 3.00. The van der Waals surface area contributed by atoms with Gasteiger partial charge in [0.25, 0.3) is 0 Å². The topological polar surface area (TPSA) is 30.9 Å². The Balaban J connectivity index is 1.95. The van der Waals surface area contributed by atoms with Crippen LogP contribution in [-0.4, -0.2) is 10.6 Å². The zero-order valence-electron chi connectivity index (χ0n) is 11.0. The monoisotopic (exact) mass is 270 g/mol. The standard InChI is InChI=1S/C16H18N2S/c1-12(17)8-13-2-3-15-4-6-18(16(15)9-13)10-14-5-7-19-11-14/h2-7,9,11-12H,8,10,17H2,1H3. The van der Waals surface area contributed by atoms with Crippen molar-refractivity contribution in [3.05, 3.63) is 58.4 Å². The number of hydrogen-bond acceptors (Lipinski definition) is 2. The lowest BCUT2D eigenvalue weighted by Gasteiger charge is -2.08. The SMILES string of the molecule is CC(N)Cc1ccc2ccn(Cc3ccsc3)c2c1. The molecule has 1 aromatic carbocycles. The van der Waals surface area contributed by atoms with Crippen LogP contribution in [-0.2, 0) is 13.0 Å². The molecule has 1 unspecified atom stereocenters. The fourth-order valence-electron chi connectivity index (χ4n) is 2.45. The van der Waals surface area contributed by atoms with E-state index < -0.39 is 0 Å². The molecule has 1 atom stereocenters. The quantitative estimate of drug-likeness (QED) is 0.771. The first-order valence-electron chi connectivity index (χ1n) is 6.57. The van der Waals surface area contributed by atoms with E-state index >= 15 is 0 Å². The van der Waals surface area contributed by atoms with E-state index in [4.69, 9.17) is 5.73 Å². The van der Waals surface area contributed by atoms with Crippen LogP contribution in [0.1, 0.15) is 18.1 Å². The van der Waals surface area contributed by atoms with Crippen molar-refractivity contribution in [3.63, 3.8) is 0 Å². The van der Waals surface area contributed by atoms with Crippen LogP contribution in [0.25, 0.3) is 10.9 Å². The normalized spacial score (nSPS) is 12.9. The summed E-state index contributed by atoms with van der Waals surface area (Å²) in [6.45, 7) is 2.99. The molecule has 2 nitrogen and oxygen atoms in total. The summed E-state index contributed by atoms with van der Waals surface area (Å²) in [4.78, 5) is 0. The summed E-state index contributed by atoms with van der Waals surface area (Å²) in [7, 11) is 0. The summed E-state index contributed by atoms with van der Waals surface area (Å²) < 4.78 is 2.31. The number of thiophene rings is 1. The molecular weight excluding hydrogens is 252 g/mol. The molecule has 0 aliphatic rings. The van der Waals surface area contributed by atoms with Gasteiger partial charge in [-0.05, 0) is 58.8 Å². The Morgan fingerprint density at radius 1 is 1.21 bits per heavy atom. The summed E-state index contributed by atoms with van der Waals surface area (Å²) in [6.07, 6.45) is 3.09. The molecule has 0 spiro atoms. The third-order valence-electron chi connectivity index (χ3n) is 3.33. The summed E-state index contributed by atoms with van der Waals surface area (Å²) in [6, 6.07) is 11.2. The van der Waals surface area contributed by atoms with Crippen LogP contribution in [0.3, 0.4) is 0 Å². The highest BCUT2D eigenvalue weighted by Crippen LogP contribution is 2.20. The van der Waals surface area contributed by atoms with Crippen molar-refractivity contribution < 1.29 is 0 Å². The van der Waals surface area contributed by atoms with Crippen molar-refractivity contribution in [3.8, 4) is 0 Å². The summed E-state index contributed by atoms with van der Waals surface area (Å²) in [5.41, 5.74) is 9.86. The second-order valence-electron chi connectivity index (χ2n) is 5.15. The molecule has 0 amide bonds. The van der Waals surface area contributed by atoms with Gasteiger partial charge in [0.2, 0.25) is 0 Å². The third kappa shape index (κ3) is 2.72. The Labute approximate surface area is 117 Å². The van der Waals surface area contributed by atoms with Gasteiger partial charge in [0.1, 0.15) is 0 Å². The van der Waals surface area contributed by atoms with Crippen LogP contribution in [0.5, 0.6) is 0 Å². The predicted molar refractivity (Wildman–Crippen MR) is 82.7 cm³/mol. The van der Waals surface area contributed by atoms with Gasteiger partial charge in [-0.1, -0.05) is 12.1 Å². The molecule has 3 rings (SSSR count). The van der Waals surface area contributed by atoms with Gasteiger partial charge in [-0.15, -0.1) is 0 Å². The van der Waals surface area contributed by atoms with Crippen LogP contribution in [0.2, 0.25) is 0 Å². The van der Waals surface area contributed by atoms with Crippen LogP contribution >= 0.6 is 11.3 Å². The summed E-state index contributed by atoms with van der Waals surface area (Å²) >= 11 is 1.75. The van der Waals surface area contributed by atoms with Crippen molar-refractivity contribution in [1.82, 2.24) is 4.57 Å². The zero-order valence-corrected chi connectivity index (χ0v) is 11.9. The number of rotatable bonds is 4. The predicted octanol–water partition coefficient (Wildman–Crippen LogP) is 3.64. The molecule has 0 saturated carbocycles. The molecule has 19 heavy (non-hydrogen) atoms. The average molecular weight is 270 g/mol. The Hall–Kier alpha value is -1.58. The minimum absolute atomic E-state index is 0.206. The molecule has 0 aliphatic heterocycles. The summed E-state index contributed by atoms with van der Waals surface area (Å²) in [5, 5.41) is 5.63. The largest absolute Gasteiger partial charge is 0.343 e. The molecule has 0 radical (unpaired) electrons. The van der Waals surface area contributed by atoms with E-state index in [1.807, 2.05) is 0 Å². The van der Waals surface area contributed by atoms with Gasteiger partial charge < -0.3 is 10.3 Å². The fraction of sp³-hybridized carbons (Fsp3) is 0.250. The van der Waals surface area contributed by atoms with E-state index in [2.05, 4.69) is 58.8 Å². The van der Waals surface area contributed by atoms with Crippen molar-refractivity contribution in [2.24, 2.45) is 5.73 Å². The van der Waals surface area contributed by atoms with E-state index in [9.17, 15) is 0 Å². The molecule has 98 valence electrons. The first-order chi connectivity index (χ1) is 9.22. The molecule has 0 fully saturated rings. The van der Waals surface area contributed by atoms with Gasteiger partial charge in [-0.25, -0.2) is 0 Å². The summed E-state index contributed by atoms with van der Waals surface area (Å²) in [5.74, 6) is 0. The maximum Gasteiger partial charge on any atom is 0.0486 e. The number of fused-ring (bicyclic) bond motifs is 1. The van der Waals surface area contributed by atoms with E-state index in [-0.39, 0.29) is 6.04 Å². The Morgan fingerprint density at radius 2 is 2.11 bits per heavy atom. The Morgan fingerprint density at radius 3 is 2.84 bits per heavy atom. The number of aromatic nitrogens is 1. The molecule has 3 heteroatoms. The van der Waals surface area contributed by atoms with Crippen molar-refractivity contribution >= 4 is 22.2 Å². The third-order valence-corrected chi connectivity index (χ3v) is 4.06. The lowest BCUT2D eigenvalue weighted by Crippen LogP contribution is -2.17. The van der Waals surface area contributed by atoms with E-state index in [1.54, 1.807) is 11.3 Å².